The van der Waals surface area contributed by atoms with E-state index in [4.69, 9.17) is 16.3 Å². The van der Waals surface area contributed by atoms with Crippen molar-refractivity contribution >= 4 is 23.2 Å². The lowest BCUT2D eigenvalue weighted by Gasteiger charge is -2.21. The van der Waals surface area contributed by atoms with Crippen LogP contribution >= 0.6 is 11.6 Å². The SMILES string of the molecule is COCCNC(=O)CN(C)c1ccc(C(C)O)cc1Cl. The lowest BCUT2D eigenvalue weighted by Crippen LogP contribution is -2.36. The third-order valence-corrected chi connectivity index (χ3v) is 3.18. The van der Waals surface area contributed by atoms with Crippen molar-refractivity contribution in [3.63, 3.8) is 0 Å². The minimum absolute atomic E-state index is 0.0970. The van der Waals surface area contributed by atoms with E-state index in [1.807, 2.05) is 0 Å². The van der Waals surface area contributed by atoms with Crippen LogP contribution in [0.1, 0.15) is 18.6 Å². The zero-order chi connectivity index (χ0) is 15.1. The van der Waals surface area contributed by atoms with Gasteiger partial charge in [0.05, 0.1) is 30.0 Å². The van der Waals surface area contributed by atoms with Crippen LogP contribution in [0.15, 0.2) is 18.2 Å². The van der Waals surface area contributed by atoms with Crippen LogP contribution in [0.5, 0.6) is 0 Å². The maximum Gasteiger partial charge on any atom is 0.239 e. The number of hydrogen-bond acceptors (Lipinski definition) is 4. The minimum Gasteiger partial charge on any atom is -0.389 e. The standard InChI is InChI=1S/C14H21ClN2O3/c1-10(18)11-4-5-13(12(15)8-11)17(2)9-14(19)16-6-7-20-3/h4-5,8,10,18H,6-7,9H2,1-3H3,(H,16,19). The number of amides is 1. The first-order valence-corrected chi connectivity index (χ1v) is 6.77. The van der Waals surface area contributed by atoms with Gasteiger partial charge in [-0.25, -0.2) is 0 Å². The second kappa shape index (κ2) is 8.09. The Labute approximate surface area is 124 Å². The second-order valence-corrected chi connectivity index (χ2v) is 4.99. The van der Waals surface area contributed by atoms with Crippen LogP contribution in [0.4, 0.5) is 5.69 Å². The predicted octanol–water partition coefficient (Wildman–Crippen LogP) is 1.59. The van der Waals surface area contributed by atoms with Crippen LogP contribution in [0.2, 0.25) is 5.02 Å². The number of anilines is 1. The Morgan fingerprint density at radius 3 is 2.80 bits per heavy atom. The Morgan fingerprint density at radius 1 is 1.55 bits per heavy atom. The fraction of sp³-hybridized carbons (Fsp3) is 0.500. The monoisotopic (exact) mass is 300 g/mol. The number of likely N-dealkylation sites (N-methyl/N-ethyl adjacent to an activating group) is 1. The van der Waals surface area contributed by atoms with Crippen LogP contribution in [-0.2, 0) is 9.53 Å². The van der Waals surface area contributed by atoms with Gasteiger partial charge in [-0.3, -0.25) is 4.79 Å². The average Bonchev–Trinajstić information content (AvgIpc) is 2.38. The van der Waals surface area contributed by atoms with Crippen LogP contribution in [-0.4, -0.2) is 44.9 Å². The molecule has 2 N–H and O–H groups in total. The number of aliphatic hydroxyl groups excluding tert-OH is 1. The molecule has 0 saturated heterocycles. The van der Waals surface area contributed by atoms with Crippen molar-refractivity contribution in [1.29, 1.82) is 0 Å². The predicted molar refractivity (Wildman–Crippen MR) is 80.2 cm³/mol. The highest BCUT2D eigenvalue weighted by Gasteiger charge is 2.12. The molecular formula is C14H21ClN2O3. The fourth-order valence-electron chi connectivity index (χ4n) is 1.74. The summed E-state index contributed by atoms with van der Waals surface area (Å²) < 4.78 is 4.86. The number of ether oxygens (including phenoxy) is 1. The number of aliphatic hydroxyl groups is 1. The van der Waals surface area contributed by atoms with Gasteiger partial charge < -0.3 is 20.1 Å². The summed E-state index contributed by atoms with van der Waals surface area (Å²) in [7, 11) is 3.38. The van der Waals surface area contributed by atoms with E-state index < -0.39 is 6.10 Å². The van der Waals surface area contributed by atoms with Crippen LogP contribution < -0.4 is 10.2 Å². The first kappa shape index (κ1) is 16.8. The van der Waals surface area contributed by atoms with Gasteiger partial charge in [0, 0.05) is 20.7 Å². The van der Waals surface area contributed by atoms with Crippen molar-refractivity contribution in [2.75, 3.05) is 38.8 Å². The van der Waals surface area contributed by atoms with Gasteiger partial charge in [-0.2, -0.15) is 0 Å². The molecule has 0 aliphatic rings. The van der Waals surface area contributed by atoms with E-state index in [0.29, 0.717) is 18.2 Å². The molecule has 1 rings (SSSR count). The molecule has 1 amide bonds. The average molecular weight is 301 g/mol. The molecule has 0 aliphatic carbocycles. The Kier molecular flexibility index (Phi) is 6.78. The number of methoxy groups -OCH3 is 1. The van der Waals surface area contributed by atoms with E-state index in [1.54, 1.807) is 44.2 Å². The lowest BCUT2D eigenvalue weighted by atomic mass is 10.1. The van der Waals surface area contributed by atoms with E-state index in [0.717, 1.165) is 11.3 Å². The summed E-state index contributed by atoms with van der Waals surface area (Å²) in [4.78, 5) is 13.5. The number of nitrogens with one attached hydrogen (secondary N) is 1. The van der Waals surface area contributed by atoms with Crippen LogP contribution in [0.25, 0.3) is 0 Å². The first-order valence-electron chi connectivity index (χ1n) is 6.40. The largest absolute Gasteiger partial charge is 0.389 e. The quantitative estimate of drug-likeness (QED) is 0.751. The molecule has 0 aliphatic heterocycles. The summed E-state index contributed by atoms with van der Waals surface area (Å²) in [6.07, 6.45) is -0.566. The lowest BCUT2D eigenvalue weighted by molar-refractivity contribution is -0.119. The molecule has 1 atom stereocenters. The summed E-state index contributed by atoms with van der Waals surface area (Å²) >= 11 is 6.17. The maximum atomic E-state index is 11.7. The smallest absolute Gasteiger partial charge is 0.239 e. The number of nitrogens with zero attached hydrogens (tertiary/aromatic N) is 1. The summed E-state index contributed by atoms with van der Waals surface area (Å²) in [5, 5.41) is 12.7. The highest BCUT2D eigenvalue weighted by molar-refractivity contribution is 6.33. The molecule has 0 saturated carbocycles. The van der Waals surface area contributed by atoms with Crippen molar-refractivity contribution in [3.8, 4) is 0 Å². The van der Waals surface area contributed by atoms with Crippen molar-refractivity contribution in [2.24, 2.45) is 0 Å². The number of halogens is 1. The Balaban J connectivity index is 2.63. The molecule has 6 heteroatoms. The van der Waals surface area contributed by atoms with Gasteiger partial charge in [0.15, 0.2) is 0 Å². The van der Waals surface area contributed by atoms with Gasteiger partial charge in [0.1, 0.15) is 0 Å². The van der Waals surface area contributed by atoms with Gasteiger partial charge in [-0.1, -0.05) is 17.7 Å². The number of carbonyl (C=O) groups excluding carboxylic acids is 1. The molecule has 0 spiro atoms. The first-order chi connectivity index (χ1) is 9.45. The summed E-state index contributed by atoms with van der Waals surface area (Å²) in [6.45, 7) is 2.85. The molecule has 20 heavy (non-hydrogen) atoms. The van der Waals surface area contributed by atoms with E-state index in [2.05, 4.69) is 5.32 Å². The maximum absolute atomic E-state index is 11.7. The summed E-state index contributed by atoms with van der Waals surface area (Å²) in [5.74, 6) is -0.0970. The van der Waals surface area contributed by atoms with Crippen molar-refractivity contribution < 1.29 is 14.6 Å². The molecule has 0 heterocycles. The third kappa shape index (κ3) is 5.00. The van der Waals surface area contributed by atoms with Crippen molar-refractivity contribution in [2.45, 2.75) is 13.0 Å². The molecule has 0 bridgehead atoms. The van der Waals surface area contributed by atoms with Gasteiger partial charge in [0.25, 0.3) is 0 Å². The molecule has 1 unspecified atom stereocenters. The molecule has 1 aromatic rings. The number of hydrogen-bond donors (Lipinski definition) is 2. The number of rotatable bonds is 7. The molecule has 5 nitrogen and oxygen atoms in total. The molecule has 1 aromatic carbocycles. The molecular weight excluding hydrogens is 280 g/mol. The van der Waals surface area contributed by atoms with Crippen LogP contribution in [0, 0.1) is 0 Å². The molecule has 0 aromatic heterocycles. The minimum atomic E-state index is -0.566. The van der Waals surface area contributed by atoms with E-state index >= 15 is 0 Å². The zero-order valence-electron chi connectivity index (χ0n) is 12.0. The normalized spacial score (nSPS) is 12.1. The summed E-state index contributed by atoms with van der Waals surface area (Å²) in [6, 6.07) is 5.30. The van der Waals surface area contributed by atoms with E-state index in [1.165, 1.54) is 0 Å². The second-order valence-electron chi connectivity index (χ2n) is 4.59. The van der Waals surface area contributed by atoms with E-state index in [9.17, 15) is 9.90 Å². The van der Waals surface area contributed by atoms with Crippen molar-refractivity contribution in [3.05, 3.63) is 28.8 Å². The van der Waals surface area contributed by atoms with Gasteiger partial charge >= 0.3 is 0 Å². The molecule has 112 valence electrons. The van der Waals surface area contributed by atoms with Gasteiger partial charge in [-0.05, 0) is 24.6 Å². The van der Waals surface area contributed by atoms with Gasteiger partial charge in [0.2, 0.25) is 5.91 Å². The fourth-order valence-corrected chi connectivity index (χ4v) is 2.07. The third-order valence-electron chi connectivity index (χ3n) is 2.87. The Morgan fingerprint density at radius 2 is 2.25 bits per heavy atom. The number of carbonyl (C=O) groups is 1. The topological polar surface area (TPSA) is 61.8 Å². The van der Waals surface area contributed by atoms with E-state index in [-0.39, 0.29) is 12.5 Å². The summed E-state index contributed by atoms with van der Waals surface area (Å²) in [5.41, 5.74) is 1.50. The Hall–Kier alpha value is -1.30. The zero-order valence-corrected chi connectivity index (χ0v) is 12.8. The Bertz CT molecular complexity index is 452. The van der Waals surface area contributed by atoms with Gasteiger partial charge in [-0.15, -0.1) is 0 Å². The number of benzene rings is 1. The molecule has 0 radical (unpaired) electrons. The highest BCUT2D eigenvalue weighted by Crippen LogP contribution is 2.28. The van der Waals surface area contributed by atoms with Crippen molar-refractivity contribution in [1.82, 2.24) is 5.32 Å². The molecule has 0 fully saturated rings. The van der Waals surface area contributed by atoms with Crippen LogP contribution in [0.3, 0.4) is 0 Å². The highest BCUT2D eigenvalue weighted by atomic mass is 35.5.